The minimum Gasteiger partial charge on any atom is -0.456 e. The second-order valence-electron chi connectivity index (χ2n) is 15.6. The van der Waals surface area contributed by atoms with Crippen LogP contribution in [-0.2, 0) is 5.41 Å². The molecule has 0 fully saturated rings. The number of aromatic nitrogens is 1. The smallest absolute Gasteiger partial charge is 0.143 e. The quantitative estimate of drug-likeness (QED) is 0.184. The number of para-hydroxylation sites is 4. The van der Waals surface area contributed by atoms with Crippen LogP contribution in [0.3, 0.4) is 0 Å². The van der Waals surface area contributed by atoms with Gasteiger partial charge in [-0.1, -0.05) is 129 Å². The molecular formula is C51H35NO2. The van der Waals surface area contributed by atoms with Gasteiger partial charge < -0.3 is 13.4 Å². The lowest BCUT2D eigenvalue weighted by Gasteiger charge is -2.27. The molecule has 0 amide bonds. The van der Waals surface area contributed by atoms with E-state index in [9.17, 15) is 0 Å². The number of rotatable bonds is 3. The van der Waals surface area contributed by atoms with Gasteiger partial charge in [0.15, 0.2) is 0 Å². The van der Waals surface area contributed by atoms with Gasteiger partial charge in [-0.05, 0) is 82.8 Å². The summed E-state index contributed by atoms with van der Waals surface area (Å²) in [5, 5.41) is 7.24. The molecule has 1 atom stereocenters. The standard InChI is InChI=1S/C51H35NO2/c1-51(2)42-28-30(19-22-35(42)38-24-26-47-48(49(38)51)40-14-7-9-18-46(40)53-47)31-20-23-36-41-27-32(21-25-43(41)52(44(36)29-31)33-11-4-3-5-12-33)34-15-10-16-39-37-13-6-8-17-45(37)54-50(34)39/h3-21,23-29,35H,22H2,1-2H3. The average Bonchev–Trinajstić information content (AvgIpc) is 3.94. The Labute approximate surface area is 312 Å². The average molecular weight is 694 g/mol. The molecule has 3 nitrogen and oxygen atoms in total. The second-order valence-corrected chi connectivity index (χ2v) is 15.6. The Bertz CT molecular complexity index is 3270. The largest absolute Gasteiger partial charge is 0.456 e. The van der Waals surface area contributed by atoms with Gasteiger partial charge in [0.1, 0.15) is 22.3 Å². The van der Waals surface area contributed by atoms with E-state index in [1.807, 2.05) is 6.07 Å². The van der Waals surface area contributed by atoms with Crippen LogP contribution in [0.15, 0.2) is 172 Å². The molecule has 0 saturated heterocycles. The van der Waals surface area contributed by atoms with Gasteiger partial charge >= 0.3 is 0 Å². The Balaban J connectivity index is 1.02. The molecule has 0 saturated carbocycles. The fourth-order valence-electron chi connectivity index (χ4n) is 9.95. The third-order valence-corrected chi connectivity index (χ3v) is 12.4. The summed E-state index contributed by atoms with van der Waals surface area (Å²) in [6.45, 7) is 4.81. The molecule has 10 aromatic rings. The van der Waals surface area contributed by atoms with Crippen molar-refractivity contribution in [1.29, 1.82) is 0 Å². The predicted octanol–water partition coefficient (Wildman–Crippen LogP) is 14.0. The molecule has 0 aliphatic heterocycles. The number of fused-ring (bicyclic) bond motifs is 13. The predicted molar refractivity (Wildman–Crippen MR) is 224 cm³/mol. The van der Waals surface area contributed by atoms with Crippen molar-refractivity contribution in [2.75, 3.05) is 0 Å². The van der Waals surface area contributed by atoms with Gasteiger partial charge in [-0.3, -0.25) is 0 Å². The lowest BCUT2D eigenvalue weighted by Crippen LogP contribution is -2.18. The van der Waals surface area contributed by atoms with Crippen LogP contribution >= 0.6 is 0 Å². The zero-order chi connectivity index (χ0) is 35.7. The highest BCUT2D eigenvalue weighted by Gasteiger charge is 2.44. The van der Waals surface area contributed by atoms with Crippen LogP contribution in [0.25, 0.3) is 88.1 Å². The highest BCUT2D eigenvalue weighted by Crippen LogP contribution is 2.57. The molecule has 1 unspecified atom stereocenters. The Morgan fingerprint density at radius 1 is 0.574 bits per heavy atom. The molecule has 0 N–H and O–H groups in total. The minimum atomic E-state index is -0.131. The maximum Gasteiger partial charge on any atom is 0.143 e. The van der Waals surface area contributed by atoms with Gasteiger partial charge in [0.05, 0.1) is 11.0 Å². The van der Waals surface area contributed by atoms with Crippen molar-refractivity contribution < 1.29 is 8.83 Å². The third-order valence-electron chi connectivity index (χ3n) is 12.4. The zero-order valence-corrected chi connectivity index (χ0v) is 30.1. The number of hydrogen-bond acceptors (Lipinski definition) is 2. The summed E-state index contributed by atoms with van der Waals surface area (Å²) in [6, 6.07) is 52.5. The summed E-state index contributed by atoms with van der Waals surface area (Å²) in [5.41, 5.74) is 16.3. The van der Waals surface area contributed by atoms with E-state index in [0.717, 1.165) is 56.3 Å². The van der Waals surface area contributed by atoms with Crippen LogP contribution in [0.1, 0.15) is 42.9 Å². The van der Waals surface area contributed by atoms with Gasteiger partial charge in [-0.15, -0.1) is 0 Å². The van der Waals surface area contributed by atoms with Crippen molar-refractivity contribution in [1.82, 2.24) is 4.57 Å². The topological polar surface area (TPSA) is 31.2 Å². The second kappa shape index (κ2) is 10.7. The molecule has 3 heteroatoms. The number of furan rings is 2. The van der Waals surface area contributed by atoms with E-state index in [-0.39, 0.29) is 5.41 Å². The van der Waals surface area contributed by atoms with Crippen LogP contribution in [0, 0.1) is 0 Å². The summed E-state index contributed by atoms with van der Waals surface area (Å²) >= 11 is 0. The Hall–Kier alpha value is -6.58. The molecule has 3 aromatic heterocycles. The van der Waals surface area contributed by atoms with E-state index < -0.39 is 0 Å². The summed E-state index contributed by atoms with van der Waals surface area (Å²) in [5.74, 6) is 0.367. The van der Waals surface area contributed by atoms with Crippen LogP contribution < -0.4 is 0 Å². The summed E-state index contributed by atoms with van der Waals surface area (Å²) in [6.07, 6.45) is 5.93. The minimum absolute atomic E-state index is 0.131. The normalized spacial score (nSPS) is 16.4. The Kier molecular flexibility index (Phi) is 5.96. The Morgan fingerprint density at radius 3 is 2.20 bits per heavy atom. The molecule has 2 aliphatic rings. The van der Waals surface area contributed by atoms with Gasteiger partial charge in [-0.25, -0.2) is 0 Å². The molecule has 0 spiro atoms. The SMILES string of the molecule is CC1(C)C2=CC(c3ccc4c5cc(-c6cccc7c6oc6ccccc67)ccc5n(-c5ccccc5)c4c3)=CCC2c2ccc3oc4ccccc4c3c21. The molecular weight excluding hydrogens is 659 g/mol. The van der Waals surface area contributed by atoms with Crippen molar-refractivity contribution in [3.05, 3.63) is 180 Å². The molecule has 3 heterocycles. The van der Waals surface area contributed by atoms with E-state index in [1.165, 1.54) is 60.4 Å². The molecule has 7 aromatic carbocycles. The van der Waals surface area contributed by atoms with Crippen molar-refractivity contribution in [3.8, 4) is 16.8 Å². The van der Waals surface area contributed by atoms with Crippen LogP contribution in [-0.4, -0.2) is 4.57 Å². The van der Waals surface area contributed by atoms with E-state index in [4.69, 9.17) is 8.83 Å². The lowest BCUT2D eigenvalue weighted by atomic mass is 9.76. The van der Waals surface area contributed by atoms with E-state index >= 15 is 0 Å². The maximum absolute atomic E-state index is 6.47. The van der Waals surface area contributed by atoms with Crippen molar-refractivity contribution in [2.24, 2.45) is 0 Å². The first-order valence-corrected chi connectivity index (χ1v) is 18.9. The van der Waals surface area contributed by atoms with Gasteiger partial charge in [0.2, 0.25) is 0 Å². The fourth-order valence-corrected chi connectivity index (χ4v) is 9.95. The summed E-state index contributed by atoms with van der Waals surface area (Å²) < 4.78 is 15.3. The third kappa shape index (κ3) is 4.01. The molecule has 2 aliphatic carbocycles. The van der Waals surface area contributed by atoms with E-state index in [2.05, 4.69) is 170 Å². The van der Waals surface area contributed by atoms with Crippen molar-refractivity contribution in [3.63, 3.8) is 0 Å². The zero-order valence-electron chi connectivity index (χ0n) is 30.1. The van der Waals surface area contributed by atoms with Crippen molar-refractivity contribution in [2.45, 2.75) is 31.6 Å². The summed E-state index contributed by atoms with van der Waals surface area (Å²) in [7, 11) is 0. The van der Waals surface area contributed by atoms with E-state index in [1.54, 1.807) is 0 Å². The fraction of sp³-hybridized carbons (Fsp3) is 0.0980. The van der Waals surface area contributed by atoms with Gasteiger partial charge in [-0.2, -0.15) is 0 Å². The highest BCUT2D eigenvalue weighted by atomic mass is 16.3. The Morgan fingerprint density at radius 2 is 1.33 bits per heavy atom. The first kappa shape index (κ1) is 29.9. The molecule has 256 valence electrons. The number of hydrogen-bond donors (Lipinski definition) is 0. The van der Waals surface area contributed by atoms with E-state index in [0.29, 0.717) is 5.92 Å². The monoisotopic (exact) mass is 693 g/mol. The number of allylic oxidation sites excluding steroid dienone is 4. The van der Waals surface area contributed by atoms with Crippen molar-refractivity contribution >= 4 is 71.3 Å². The highest BCUT2D eigenvalue weighted by molar-refractivity contribution is 6.14. The van der Waals surface area contributed by atoms with Crippen LogP contribution in [0.2, 0.25) is 0 Å². The summed E-state index contributed by atoms with van der Waals surface area (Å²) in [4.78, 5) is 0. The maximum atomic E-state index is 6.47. The van der Waals surface area contributed by atoms with Crippen LogP contribution in [0.4, 0.5) is 0 Å². The first-order valence-electron chi connectivity index (χ1n) is 18.9. The first-order chi connectivity index (χ1) is 26.5. The lowest BCUT2D eigenvalue weighted by molar-refractivity contribution is 0.616. The molecule has 0 bridgehead atoms. The van der Waals surface area contributed by atoms with Crippen LogP contribution in [0.5, 0.6) is 0 Å². The number of nitrogens with zero attached hydrogens (tertiary/aromatic N) is 1. The molecule has 12 rings (SSSR count). The molecule has 0 radical (unpaired) electrons. The number of benzene rings is 7. The van der Waals surface area contributed by atoms with Gasteiger partial charge in [0.25, 0.3) is 0 Å². The van der Waals surface area contributed by atoms with Gasteiger partial charge in [0, 0.05) is 54.9 Å². The molecule has 54 heavy (non-hydrogen) atoms.